The Morgan fingerprint density at radius 1 is 1.12 bits per heavy atom. The summed E-state index contributed by atoms with van der Waals surface area (Å²) in [4.78, 5) is 11.0. The average Bonchev–Trinajstić information content (AvgIpc) is 3.29. The molecule has 1 saturated heterocycles. The maximum absolute atomic E-state index is 13.1. The number of rotatable bonds is 4. The zero-order valence-corrected chi connectivity index (χ0v) is 18.0. The lowest BCUT2D eigenvalue weighted by molar-refractivity contribution is -0.385. The Kier molecular flexibility index (Phi) is 5.15. The molecule has 5 rings (SSSR count). The number of sulfonamides is 1. The zero-order valence-electron chi connectivity index (χ0n) is 17.2. The monoisotopic (exact) mass is 457 g/mol. The van der Waals surface area contributed by atoms with E-state index in [0.717, 1.165) is 11.3 Å². The van der Waals surface area contributed by atoms with E-state index in [4.69, 9.17) is 4.74 Å². The van der Waals surface area contributed by atoms with Crippen molar-refractivity contribution in [2.45, 2.75) is 23.3 Å². The van der Waals surface area contributed by atoms with Gasteiger partial charge in [0.1, 0.15) is 5.75 Å². The van der Waals surface area contributed by atoms with Crippen LogP contribution in [0.3, 0.4) is 0 Å². The molecule has 0 aromatic heterocycles. The van der Waals surface area contributed by atoms with Crippen LogP contribution in [0.1, 0.15) is 29.5 Å². The summed E-state index contributed by atoms with van der Waals surface area (Å²) < 4.78 is 33.0. The Morgan fingerprint density at radius 2 is 1.91 bits per heavy atom. The molecule has 1 aliphatic carbocycles. The molecule has 168 valence electrons. The third-order valence-electron chi connectivity index (χ3n) is 6.50. The molecule has 0 spiro atoms. The Hall–Kier alpha value is -2.95. The number of ether oxygens (including phenoxy) is 1. The van der Waals surface area contributed by atoms with Crippen LogP contribution in [0.4, 0.5) is 11.4 Å². The van der Waals surface area contributed by atoms with E-state index in [9.17, 15) is 23.6 Å². The van der Waals surface area contributed by atoms with Crippen LogP contribution in [0.25, 0.3) is 0 Å². The fraction of sp³-hybridized carbons (Fsp3) is 0.364. The number of benzene rings is 2. The van der Waals surface area contributed by atoms with E-state index >= 15 is 0 Å². The van der Waals surface area contributed by atoms with E-state index in [0.29, 0.717) is 38.3 Å². The van der Waals surface area contributed by atoms with Gasteiger partial charge in [0, 0.05) is 42.4 Å². The lowest BCUT2D eigenvalue weighted by Gasteiger charge is -2.38. The number of hydrogen-bond donors (Lipinski definition) is 2. The van der Waals surface area contributed by atoms with Crippen LogP contribution in [-0.2, 0) is 14.8 Å². The number of aromatic hydroxyl groups is 1. The molecule has 1 fully saturated rings. The van der Waals surface area contributed by atoms with Gasteiger partial charge >= 0.3 is 0 Å². The minimum atomic E-state index is -3.63. The van der Waals surface area contributed by atoms with Crippen molar-refractivity contribution in [3.8, 4) is 5.75 Å². The maximum Gasteiger partial charge on any atom is 0.270 e. The van der Waals surface area contributed by atoms with Crippen molar-refractivity contribution in [2.24, 2.45) is 5.92 Å². The van der Waals surface area contributed by atoms with Gasteiger partial charge in [-0.15, -0.1) is 0 Å². The molecule has 2 aliphatic heterocycles. The van der Waals surface area contributed by atoms with Gasteiger partial charge in [-0.25, -0.2) is 8.42 Å². The lowest BCUT2D eigenvalue weighted by Crippen LogP contribution is -2.40. The molecule has 0 saturated carbocycles. The summed E-state index contributed by atoms with van der Waals surface area (Å²) in [5.41, 5.74) is 2.02. The number of nitro groups is 1. The van der Waals surface area contributed by atoms with Crippen LogP contribution in [0.2, 0.25) is 0 Å². The van der Waals surface area contributed by atoms with Crippen LogP contribution >= 0.6 is 0 Å². The average molecular weight is 458 g/mol. The number of phenolic OH excluding ortho intramolecular Hbond substituents is 1. The van der Waals surface area contributed by atoms with Gasteiger partial charge in [0.2, 0.25) is 10.0 Å². The van der Waals surface area contributed by atoms with Crippen LogP contribution in [-0.4, -0.2) is 49.1 Å². The second-order valence-corrected chi connectivity index (χ2v) is 10.2. The summed E-state index contributed by atoms with van der Waals surface area (Å²) in [5.74, 6) is -0.0692. The highest BCUT2D eigenvalue weighted by Crippen LogP contribution is 2.51. The normalized spacial score (nSPS) is 25.1. The highest BCUT2D eigenvalue weighted by Gasteiger charge is 2.40. The molecule has 3 atom stereocenters. The first-order chi connectivity index (χ1) is 15.4. The molecule has 2 heterocycles. The van der Waals surface area contributed by atoms with E-state index in [1.165, 1.54) is 22.5 Å². The fourth-order valence-corrected chi connectivity index (χ4v) is 6.33. The smallest absolute Gasteiger partial charge is 0.270 e. The highest BCUT2D eigenvalue weighted by molar-refractivity contribution is 7.89. The molecule has 3 aliphatic rings. The molecule has 9 nitrogen and oxygen atoms in total. The molecule has 32 heavy (non-hydrogen) atoms. The first-order valence-corrected chi connectivity index (χ1v) is 11.9. The topological polar surface area (TPSA) is 122 Å². The van der Waals surface area contributed by atoms with Gasteiger partial charge in [-0.1, -0.05) is 12.2 Å². The molecular formula is C22H23N3O6S. The number of anilines is 1. The predicted molar refractivity (Wildman–Crippen MR) is 117 cm³/mol. The molecule has 0 radical (unpaired) electrons. The minimum absolute atomic E-state index is 0.00301. The largest absolute Gasteiger partial charge is 0.508 e. The zero-order chi connectivity index (χ0) is 22.5. The summed E-state index contributed by atoms with van der Waals surface area (Å²) >= 11 is 0. The van der Waals surface area contributed by atoms with E-state index < -0.39 is 14.9 Å². The van der Waals surface area contributed by atoms with Crippen molar-refractivity contribution in [1.29, 1.82) is 0 Å². The van der Waals surface area contributed by atoms with Crippen molar-refractivity contribution in [2.75, 3.05) is 31.6 Å². The predicted octanol–water partition coefficient (Wildman–Crippen LogP) is 3.15. The van der Waals surface area contributed by atoms with Gasteiger partial charge in [0.25, 0.3) is 5.69 Å². The molecule has 0 bridgehead atoms. The third-order valence-corrected chi connectivity index (χ3v) is 8.39. The number of allylic oxidation sites excluding steroid dienone is 2. The molecule has 10 heteroatoms. The number of hydrogen-bond acceptors (Lipinski definition) is 7. The summed E-state index contributed by atoms with van der Waals surface area (Å²) in [6.07, 6.45) is 4.80. The number of phenols is 1. The number of fused-ring (bicyclic) bond motifs is 3. The number of non-ortho nitro benzene ring substituents is 1. The number of nitrogens with one attached hydrogen (secondary N) is 1. The number of nitro benzene ring substituents is 1. The van der Waals surface area contributed by atoms with Gasteiger partial charge in [0.05, 0.1) is 29.1 Å². The van der Waals surface area contributed by atoms with Crippen molar-refractivity contribution < 1.29 is 23.2 Å². The van der Waals surface area contributed by atoms with Crippen LogP contribution in [0.15, 0.2) is 53.4 Å². The van der Waals surface area contributed by atoms with Crippen molar-refractivity contribution in [3.05, 3.63) is 69.8 Å². The molecular weight excluding hydrogens is 434 g/mol. The minimum Gasteiger partial charge on any atom is -0.508 e. The second-order valence-electron chi connectivity index (χ2n) is 8.24. The Balaban J connectivity index is 1.53. The lowest BCUT2D eigenvalue weighted by atomic mass is 9.77. The van der Waals surface area contributed by atoms with Crippen molar-refractivity contribution >= 4 is 21.4 Å². The summed E-state index contributed by atoms with van der Waals surface area (Å²) in [6, 6.07) is 8.74. The molecule has 2 aromatic carbocycles. The van der Waals surface area contributed by atoms with Gasteiger partial charge in [-0.2, -0.15) is 4.31 Å². The third kappa shape index (κ3) is 3.44. The quantitative estimate of drug-likeness (QED) is 0.411. The molecule has 2 aromatic rings. The van der Waals surface area contributed by atoms with E-state index in [2.05, 4.69) is 11.4 Å². The van der Waals surface area contributed by atoms with E-state index in [-0.39, 0.29) is 34.2 Å². The SMILES string of the molecule is O=[N+]([O-])c1ccc(O)c(C2Nc3ccc(S(=O)(=O)N4CCOCC4)cc3C3C=CCC32)c1. The van der Waals surface area contributed by atoms with E-state index in [1.807, 2.05) is 6.08 Å². The first-order valence-electron chi connectivity index (χ1n) is 10.5. The van der Waals surface area contributed by atoms with E-state index in [1.54, 1.807) is 18.2 Å². The Bertz CT molecular complexity index is 1210. The fourth-order valence-electron chi connectivity index (χ4n) is 4.88. The highest BCUT2D eigenvalue weighted by atomic mass is 32.2. The summed E-state index contributed by atoms with van der Waals surface area (Å²) in [5, 5.41) is 25.1. The summed E-state index contributed by atoms with van der Waals surface area (Å²) in [7, 11) is -3.63. The maximum atomic E-state index is 13.1. The molecule has 3 unspecified atom stereocenters. The Morgan fingerprint density at radius 3 is 2.66 bits per heavy atom. The van der Waals surface area contributed by atoms with Gasteiger partial charge < -0.3 is 15.2 Å². The van der Waals surface area contributed by atoms with Crippen molar-refractivity contribution in [1.82, 2.24) is 4.31 Å². The van der Waals surface area contributed by atoms with Crippen molar-refractivity contribution in [3.63, 3.8) is 0 Å². The Labute approximate surface area is 185 Å². The molecule has 2 N–H and O–H groups in total. The first kappa shape index (κ1) is 20.9. The number of nitrogens with zero attached hydrogens (tertiary/aromatic N) is 2. The van der Waals surface area contributed by atoms with Crippen LogP contribution in [0.5, 0.6) is 5.75 Å². The van der Waals surface area contributed by atoms with Crippen LogP contribution in [0, 0.1) is 16.0 Å². The standard InChI is InChI=1S/C22H23N3O6S/c26-21-7-4-14(25(27)28)12-19(21)22-17-3-1-2-16(17)18-13-15(5-6-20(18)23-22)32(29,30)24-8-10-31-11-9-24/h1-2,4-7,12-13,16-17,22-23,26H,3,8-11H2. The second kappa shape index (κ2) is 7.88. The van der Waals surface area contributed by atoms with Gasteiger partial charge in [0.15, 0.2) is 0 Å². The van der Waals surface area contributed by atoms with Crippen LogP contribution < -0.4 is 5.32 Å². The van der Waals surface area contributed by atoms with Gasteiger partial charge in [-0.05, 0) is 42.2 Å². The van der Waals surface area contributed by atoms with Gasteiger partial charge in [-0.3, -0.25) is 10.1 Å². The molecule has 0 amide bonds. The summed E-state index contributed by atoms with van der Waals surface area (Å²) in [6.45, 7) is 1.43. The number of morpholine rings is 1.